The molecule has 16 heavy (non-hydrogen) atoms. The number of hydrogen-bond acceptors (Lipinski definition) is 1. The van der Waals surface area contributed by atoms with Crippen LogP contribution in [0.5, 0.6) is 0 Å². The molecule has 0 saturated carbocycles. The summed E-state index contributed by atoms with van der Waals surface area (Å²) in [5.74, 6) is -2.94. The van der Waals surface area contributed by atoms with Gasteiger partial charge in [-0.05, 0) is 6.42 Å². The minimum atomic E-state index is -2.75. The highest BCUT2D eigenvalue weighted by atomic mass is 19.3. The molecule has 4 heteroatoms. The van der Waals surface area contributed by atoms with E-state index in [1.807, 2.05) is 20.8 Å². The Balaban J connectivity index is 0. The minimum Gasteiger partial charge on any atom is -0.337 e. The van der Waals surface area contributed by atoms with Crippen LogP contribution >= 0.6 is 0 Å². The summed E-state index contributed by atoms with van der Waals surface area (Å²) in [6.07, 6.45) is 0.787. The van der Waals surface area contributed by atoms with Gasteiger partial charge in [-0.3, -0.25) is 4.79 Å². The summed E-state index contributed by atoms with van der Waals surface area (Å²) in [4.78, 5) is 12.5. The van der Waals surface area contributed by atoms with E-state index in [2.05, 4.69) is 0 Å². The summed E-state index contributed by atoms with van der Waals surface area (Å²) >= 11 is 0. The number of halogens is 2. The average molecular weight is 237 g/mol. The van der Waals surface area contributed by atoms with Crippen molar-refractivity contribution in [1.82, 2.24) is 4.90 Å². The van der Waals surface area contributed by atoms with E-state index in [0.29, 0.717) is 19.4 Å². The van der Waals surface area contributed by atoms with Crippen molar-refractivity contribution in [3.8, 4) is 0 Å². The van der Waals surface area contributed by atoms with E-state index in [1.54, 1.807) is 6.92 Å². The molecule has 0 aliphatic carbocycles. The first kappa shape index (κ1) is 17.7. The van der Waals surface area contributed by atoms with Crippen LogP contribution in [0, 0.1) is 0 Å². The van der Waals surface area contributed by atoms with Gasteiger partial charge in [0, 0.05) is 19.4 Å². The maximum absolute atomic E-state index is 13.0. The zero-order valence-corrected chi connectivity index (χ0v) is 11.1. The normalized spacial score (nSPS) is 10.4. The van der Waals surface area contributed by atoms with Crippen LogP contribution in [-0.4, -0.2) is 29.8 Å². The van der Waals surface area contributed by atoms with Crippen molar-refractivity contribution in [2.75, 3.05) is 13.1 Å². The molecule has 0 aliphatic heterocycles. The Morgan fingerprint density at radius 1 is 1.19 bits per heavy atom. The molecule has 0 bridgehead atoms. The third-order valence-corrected chi connectivity index (χ3v) is 2.09. The quantitative estimate of drug-likeness (QED) is 0.689. The van der Waals surface area contributed by atoms with Crippen LogP contribution in [0.2, 0.25) is 0 Å². The topological polar surface area (TPSA) is 20.3 Å². The first-order valence-electron chi connectivity index (χ1n) is 6.12. The molecular formula is C12H25F2NO. The maximum Gasteiger partial charge on any atom is 0.265 e. The molecule has 0 aromatic heterocycles. The lowest BCUT2D eigenvalue weighted by Crippen LogP contribution is -2.40. The van der Waals surface area contributed by atoms with Crippen molar-refractivity contribution >= 4 is 5.91 Å². The summed E-state index contributed by atoms with van der Waals surface area (Å²) in [6, 6.07) is 0. The molecule has 0 fully saturated rings. The van der Waals surface area contributed by atoms with Gasteiger partial charge < -0.3 is 4.90 Å². The number of alkyl halides is 2. The van der Waals surface area contributed by atoms with Gasteiger partial charge in [-0.1, -0.05) is 34.6 Å². The van der Waals surface area contributed by atoms with Gasteiger partial charge in [0.05, 0.1) is 6.54 Å². The van der Waals surface area contributed by atoms with Crippen molar-refractivity contribution in [3.63, 3.8) is 0 Å². The summed E-state index contributed by atoms with van der Waals surface area (Å²) < 4.78 is 26.1. The van der Waals surface area contributed by atoms with Crippen molar-refractivity contribution in [2.24, 2.45) is 0 Å². The average Bonchev–Trinajstić information content (AvgIpc) is 2.30. The van der Waals surface area contributed by atoms with E-state index in [4.69, 9.17) is 0 Å². The molecule has 98 valence electrons. The Labute approximate surface area is 98.0 Å². The molecule has 0 saturated heterocycles. The van der Waals surface area contributed by atoms with Crippen LogP contribution in [0.25, 0.3) is 0 Å². The number of nitrogens with zero attached hydrogens (tertiary/aromatic N) is 1. The van der Waals surface area contributed by atoms with Crippen LogP contribution in [0.15, 0.2) is 0 Å². The van der Waals surface area contributed by atoms with E-state index in [0.717, 1.165) is 0 Å². The number of carbonyl (C=O) groups is 1. The van der Waals surface area contributed by atoms with Crippen LogP contribution in [-0.2, 0) is 4.79 Å². The zero-order chi connectivity index (χ0) is 13.2. The lowest BCUT2D eigenvalue weighted by atomic mass is 10.2. The standard InChI is InChI=1S/C10H19F2NO.C2H6/c1-4-7-13(9(14)5-2)8-10(11,12)6-3;1-2/h4-8H2,1-3H3;1-2H3. The van der Waals surface area contributed by atoms with E-state index in [-0.39, 0.29) is 12.3 Å². The maximum atomic E-state index is 13.0. The second kappa shape index (κ2) is 9.55. The Hall–Kier alpha value is -0.670. The molecular weight excluding hydrogens is 212 g/mol. The first-order chi connectivity index (χ1) is 7.46. The van der Waals surface area contributed by atoms with Crippen molar-refractivity contribution in [2.45, 2.75) is 59.8 Å². The van der Waals surface area contributed by atoms with E-state index in [9.17, 15) is 13.6 Å². The molecule has 0 aromatic rings. The van der Waals surface area contributed by atoms with Gasteiger partial charge >= 0.3 is 0 Å². The van der Waals surface area contributed by atoms with Crippen molar-refractivity contribution in [1.29, 1.82) is 0 Å². The van der Waals surface area contributed by atoms with Crippen molar-refractivity contribution < 1.29 is 13.6 Å². The molecule has 0 N–H and O–H groups in total. The summed E-state index contributed by atoms with van der Waals surface area (Å²) in [6.45, 7) is 8.97. The number of carbonyl (C=O) groups excluding carboxylic acids is 1. The highest BCUT2D eigenvalue weighted by Crippen LogP contribution is 2.19. The Morgan fingerprint density at radius 2 is 1.69 bits per heavy atom. The SMILES string of the molecule is CC.CCCN(CC(F)(F)CC)C(=O)CC. The number of rotatable bonds is 6. The van der Waals surface area contributed by atoms with Gasteiger partial charge in [-0.2, -0.15) is 0 Å². The van der Waals surface area contributed by atoms with Crippen LogP contribution in [0.3, 0.4) is 0 Å². The molecule has 0 radical (unpaired) electrons. The predicted molar refractivity (Wildman–Crippen MR) is 63.7 cm³/mol. The van der Waals surface area contributed by atoms with Gasteiger partial charge in [-0.25, -0.2) is 8.78 Å². The number of amides is 1. The highest BCUT2D eigenvalue weighted by Gasteiger charge is 2.30. The van der Waals surface area contributed by atoms with Gasteiger partial charge in [-0.15, -0.1) is 0 Å². The van der Waals surface area contributed by atoms with Crippen LogP contribution in [0.4, 0.5) is 8.78 Å². The molecule has 0 aliphatic rings. The molecule has 0 aromatic carbocycles. The van der Waals surface area contributed by atoms with E-state index in [1.165, 1.54) is 11.8 Å². The molecule has 0 heterocycles. The third kappa shape index (κ3) is 7.60. The molecule has 1 amide bonds. The molecule has 0 rings (SSSR count). The summed E-state index contributed by atoms with van der Waals surface area (Å²) in [5, 5.41) is 0. The predicted octanol–water partition coefficient (Wildman–Crippen LogP) is 3.71. The fourth-order valence-electron chi connectivity index (χ4n) is 1.18. The van der Waals surface area contributed by atoms with Gasteiger partial charge in [0.2, 0.25) is 5.91 Å². The largest absolute Gasteiger partial charge is 0.337 e. The molecule has 2 nitrogen and oxygen atoms in total. The molecule has 0 spiro atoms. The zero-order valence-electron chi connectivity index (χ0n) is 11.1. The van der Waals surface area contributed by atoms with Gasteiger partial charge in [0.15, 0.2) is 0 Å². The lowest BCUT2D eigenvalue weighted by Gasteiger charge is -2.26. The molecule has 0 atom stereocenters. The van der Waals surface area contributed by atoms with Crippen molar-refractivity contribution in [3.05, 3.63) is 0 Å². The van der Waals surface area contributed by atoms with Crippen LogP contribution in [0.1, 0.15) is 53.9 Å². The lowest BCUT2D eigenvalue weighted by molar-refractivity contribution is -0.136. The monoisotopic (exact) mass is 237 g/mol. The van der Waals surface area contributed by atoms with Crippen LogP contribution < -0.4 is 0 Å². The van der Waals surface area contributed by atoms with E-state index >= 15 is 0 Å². The summed E-state index contributed by atoms with van der Waals surface area (Å²) in [7, 11) is 0. The third-order valence-electron chi connectivity index (χ3n) is 2.09. The van der Waals surface area contributed by atoms with Gasteiger partial charge in [0.25, 0.3) is 5.92 Å². The fourth-order valence-corrected chi connectivity index (χ4v) is 1.18. The Kier molecular flexibility index (Phi) is 10.6. The first-order valence-corrected chi connectivity index (χ1v) is 6.12. The number of hydrogen-bond donors (Lipinski definition) is 0. The second-order valence-corrected chi connectivity index (χ2v) is 3.38. The van der Waals surface area contributed by atoms with E-state index < -0.39 is 12.5 Å². The molecule has 0 unspecified atom stereocenters. The Morgan fingerprint density at radius 3 is 2.00 bits per heavy atom. The summed E-state index contributed by atoms with van der Waals surface area (Å²) in [5.41, 5.74) is 0. The Bertz CT molecular complexity index is 184. The fraction of sp³-hybridized carbons (Fsp3) is 0.917. The van der Waals surface area contributed by atoms with Gasteiger partial charge in [0.1, 0.15) is 0 Å². The second-order valence-electron chi connectivity index (χ2n) is 3.38. The smallest absolute Gasteiger partial charge is 0.265 e. The highest BCUT2D eigenvalue weighted by molar-refractivity contribution is 5.75. The minimum absolute atomic E-state index is 0.194.